The number of rotatable bonds is 3. The van der Waals surface area contributed by atoms with Gasteiger partial charge < -0.3 is 4.90 Å². The molecule has 0 amide bonds. The van der Waals surface area contributed by atoms with Crippen LogP contribution < -0.4 is 4.90 Å². The summed E-state index contributed by atoms with van der Waals surface area (Å²) in [5.41, 5.74) is 7.62. The number of pyridine rings is 1. The van der Waals surface area contributed by atoms with Crippen LogP contribution in [-0.2, 0) is 6.42 Å². The molecule has 4 heterocycles. The molecule has 1 aliphatic heterocycles. The van der Waals surface area contributed by atoms with Crippen molar-refractivity contribution in [3.63, 3.8) is 0 Å². The van der Waals surface area contributed by atoms with E-state index in [0.29, 0.717) is 5.82 Å². The molecule has 0 atom stereocenters. The summed E-state index contributed by atoms with van der Waals surface area (Å²) in [6, 6.07) is 16.8. The van der Waals surface area contributed by atoms with Crippen molar-refractivity contribution < 1.29 is 0 Å². The number of hydrogen-bond acceptors (Lipinski definition) is 6. The Bertz CT molecular complexity index is 1430. The molecule has 0 saturated heterocycles. The van der Waals surface area contributed by atoms with E-state index in [9.17, 15) is 0 Å². The highest BCUT2D eigenvalue weighted by atomic mass is 15.2. The minimum absolute atomic E-state index is 0.669. The molecule has 0 aliphatic carbocycles. The molecule has 3 aromatic heterocycles. The molecule has 2 aromatic carbocycles. The van der Waals surface area contributed by atoms with Crippen molar-refractivity contribution in [1.29, 1.82) is 0 Å². The molecular formula is C26H20N6. The monoisotopic (exact) mass is 416 g/mol. The first kappa shape index (κ1) is 18.6. The lowest BCUT2D eigenvalue weighted by atomic mass is 10.1. The second-order valence-electron chi connectivity index (χ2n) is 8.01. The van der Waals surface area contributed by atoms with Gasteiger partial charge in [-0.3, -0.25) is 4.98 Å². The van der Waals surface area contributed by atoms with Gasteiger partial charge in [0, 0.05) is 53.5 Å². The maximum Gasteiger partial charge on any atom is 0.163 e. The summed E-state index contributed by atoms with van der Waals surface area (Å²) in [5.74, 6) is 1.59. The van der Waals surface area contributed by atoms with Crippen LogP contribution in [0.2, 0.25) is 0 Å². The van der Waals surface area contributed by atoms with E-state index in [4.69, 9.17) is 9.97 Å². The van der Waals surface area contributed by atoms with Gasteiger partial charge in [-0.15, -0.1) is 0 Å². The SMILES string of the molecule is Cc1ccc2c(c1)CCN2c1nc(-c2cccnc2)nc2cc(-c3cncnc3)ccc12. The molecule has 0 bridgehead atoms. The van der Waals surface area contributed by atoms with Crippen molar-refractivity contribution in [3.8, 4) is 22.5 Å². The smallest absolute Gasteiger partial charge is 0.163 e. The van der Waals surface area contributed by atoms with Crippen LogP contribution in [0.4, 0.5) is 11.5 Å². The summed E-state index contributed by atoms with van der Waals surface area (Å²) in [4.78, 5) is 24.8. The van der Waals surface area contributed by atoms with E-state index in [-0.39, 0.29) is 0 Å². The Morgan fingerprint density at radius 2 is 1.69 bits per heavy atom. The predicted octanol–water partition coefficient (Wildman–Crippen LogP) is 5.15. The van der Waals surface area contributed by atoms with E-state index in [1.54, 1.807) is 12.4 Å². The van der Waals surface area contributed by atoms with Crippen molar-refractivity contribution in [2.75, 3.05) is 11.4 Å². The minimum atomic E-state index is 0.669. The molecule has 6 heteroatoms. The Morgan fingerprint density at radius 1 is 0.812 bits per heavy atom. The van der Waals surface area contributed by atoms with Crippen LogP contribution in [0.3, 0.4) is 0 Å². The molecule has 0 fully saturated rings. The van der Waals surface area contributed by atoms with E-state index >= 15 is 0 Å². The predicted molar refractivity (Wildman–Crippen MR) is 126 cm³/mol. The van der Waals surface area contributed by atoms with Crippen LogP contribution >= 0.6 is 0 Å². The highest BCUT2D eigenvalue weighted by Crippen LogP contribution is 2.39. The highest BCUT2D eigenvalue weighted by molar-refractivity contribution is 5.96. The fourth-order valence-electron chi connectivity index (χ4n) is 4.32. The molecule has 6 rings (SSSR count). The maximum absolute atomic E-state index is 5.03. The van der Waals surface area contributed by atoms with Crippen LogP contribution in [0, 0.1) is 6.92 Å². The Hall–Kier alpha value is -4.19. The van der Waals surface area contributed by atoms with E-state index < -0.39 is 0 Å². The number of fused-ring (bicyclic) bond motifs is 2. The average molecular weight is 416 g/mol. The van der Waals surface area contributed by atoms with Gasteiger partial charge in [0.15, 0.2) is 5.82 Å². The number of anilines is 2. The highest BCUT2D eigenvalue weighted by Gasteiger charge is 2.24. The molecule has 5 aromatic rings. The van der Waals surface area contributed by atoms with Gasteiger partial charge in [-0.05, 0) is 54.8 Å². The molecule has 32 heavy (non-hydrogen) atoms. The number of benzene rings is 2. The lowest BCUT2D eigenvalue weighted by Crippen LogP contribution is -2.16. The quantitative estimate of drug-likeness (QED) is 0.405. The molecule has 0 unspecified atom stereocenters. The van der Waals surface area contributed by atoms with E-state index in [0.717, 1.165) is 46.4 Å². The normalized spacial score (nSPS) is 12.8. The molecular weight excluding hydrogens is 396 g/mol. The number of aryl methyl sites for hydroxylation is 1. The first-order valence-corrected chi connectivity index (χ1v) is 10.6. The lowest BCUT2D eigenvalue weighted by Gasteiger charge is -2.21. The molecule has 0 N–H and O–H groups in total. The first-order valence-electron chi connectivity index (χ1n) is 10.6. The van der Waals surface area contributed by atoms with Crippen LogP contribution in [0.1, 0.15) is 11.1 Å². The van der Waals surface area contributed by atoms with Gasteiger partial charge in [-0.2, -0.15) is 0 Å². The zero-order chi connectivity index (χ0) is 21.5. The van der Waals surface area contributed by atoms with E-state index in [1.807, 2.05) is 24.5 Å². The van der Waals surface area contributed by atoms with Crippen molar-refractivity contribution in [2.45, 2.75) is 13.3 Å². The van der Waals surface area contributed by atoms with Crippen LogP contribution in [0.5, 0.6) is 0 Å². The minimum Gasteiger partial charge on any atom is -0.325 e. The summed E-state index contributed by atoms with van der Waals surface area (Å²) in [7, 11) is 0. The molecule has 0 spiro atoms. The second kappa shape index (κ2) is 7.50. The Kier molecular flexibility index (Phi) is 4.35. The fourth-order valence-corrected chi connectivity index (χ4v) is 4.32. The Balaban J connectivity index is 1.57. The molecule has 1 aliphatic rings. The van der Waals surface area contributed by atoms with Gasteiger partial charge in [0.05, 0.1) is 5.52 Å². The zero-order valence-corrected chi connectivity index (χ0v) is 17.6. The third-order valence-electron chi connectivity index (χ3n) is 5.88. The van der Waals surface area contributed by atoms with Crippen molar-refractivity contribution in [2.24, 2.45) is 0 Å². The standard InChI is InChI=1S/C26H20N6/c1-17-4-7-24-19(11-17)8-10-32(24)26-22-6-5-18(21-14-28-16-29-15-21)12-23(22)30-25(31-26)20-3-2-9-27-13-20/h2-7,9,11-16H,8,10H2,1H3. The van der Waals surface area contributed by atoms with Crippen LogP contribution in [0.15, 0.2) is 79.6 Å². The number of hydrogen-bond donors (Lipinski definition) is 0. The van der Waals surface area contributed by atoms with E-state index in [2.05, 4.69) is 63.2 Å². The van der Waals surface area contributed by atoms with Gasteiger partial charge in [0.25, 0.3) is 0 Å². The Labute approximate surface area is 185 Å². The second-order valence-corrected chi connectivity index (χ2v) is 8.01. The molecule has 0 saturated carbocycles. The third-order valence-corrected chi connectivity index (χ3v) is 5.88. The number of nitrogens with zero attached hydrogens (tertiary/aromatic N) is 6. The molecule has 154 valence electrons. The van der Waals surface area contributed by atoms with Crippen molar-refractivity contribution in [1.82, 2.24) is 24.9 Å². The van der Waals surface area contributed by atoms with Gasteiger partial charge >= 0.3 is 0 Å². The topological polar surface area (TPSA) is 67.7 Å². The van der Waals surface area contributed by atoms with Crippen molar-refractivity contribution in [3.05, 3.63) is 90.8 Å². The van der Waals surface area contributed by atoms with Gasteiger partial charge in [-0.1, -0.05) is 23.8 Å². The van der Waals surface area contributed by atoms with Gasteiger partial charge in [0.1, 0.15) is 12.1 Å². The summed E-state index contributed by atoms with van der Waals surface area (Å²) in [6.07, 6.45) is 9.75. The molecule has 0 radical (unpaired) electrons. The largest absolute Gasteiger partial charge is 0.325 e. The third kappa shape index (κ3) is 3.17. The van der Waals surface area contributed by atoms with Gasteiger partial charge in [0.2, 0.25) is 0 Å². The summed E-state index contributed by atoms with van der Waals surface area (Å²) in [5, 5.41) is 1.02. The first-order chi connectivity index (χ1) is 15.8. The van der Waals surface area contributed by atoms with Crippen LogP contribution in [0.25, 0.3) is 33.4 Å². The maximum atomic E-state index is 5.03. The van der Waals surface area contributed by atoms with Crippen molar-refractivity contribution >= 4 is 22.4 Å². The zero-order valence-electron chi connectivity index (χ0n) is 17.6. The number of aromatic nitrogens is 5. The lowest BCUT2D eigenvalue weighted by molar-refractivity contribution is 0.976. The molecule has 6 nitrogen and oxygen atoms in total. The Morgan fingerprint density at radius 3 is 2.53 bits per heavy atom. The fraction of sp³-hybridized carbons (Fsp3) is 0.115. The van der Waals surface area contributed by atoms with Crippen LogP contribution in [-0.4, -0.2) is 31.5 Å². The average Bonchev–Trinajstić information content (AvgIpc) is 3.27. The summed E-state index contributed by atoms with van der Waals surface area (Å²) in [6.45, 7) is 3.03. The van der Waals surface area contributed by atoms with Gasteiger partial charge in [-0.25, -0.2) is 19.9 Å². The summed E-state index contributed by atoms with van der Waals surface area (Å²) >= 11 is 0. The summed E-state index contributed by atoms with van der Waals surface area (Å²) < 4.78 is 0. The van der Waals surface area contributed by atoms with E-state index in [1.165, 1.54) is 23.1 Å².